The predicted octanol–water partition coefficient (Wildman–Crippen LogP) is 5.33. The fourth-order valence-corrected chi connectivity index (χ4v) is 9.58. The van der Waals surface area contributed by atoms with Gasteiger partial charge in [0.15, 0.2) is 27.2 Å². The van der Waals surface area contributed by atoms with Crippen molar-refractivity contribution >= 4 is 39.0 Å². The van der Waals surface area contributed by atoms with Gasteiger partial charge in [-0.25, -0.2) is 8.42 Å². The van der Waals surface area contributed by atoms with Crippen molar-refractivity contribution in [1.82, 2.24) is 10.2 Å². The maximum Gasteiger partial charge on any atom is 0.226 e. The van der Waals surface area contributed by atoms with Gasteiger partial charge in [-0.2, -0.15) is 5.26 Å². The predicted molar refractivity (Wildman–Crippen MR) is 249 cm³/mol. The van der Waals surface area contributed by atoms with Gasteiger partial charge in [-0.3, -0.25) is 24.0 Å². The first-order valence-corrected chi connectivity index (χ1v) is 24.2. The Balaban J connectivity index is 1.78. The molecule has 3 aromatic carbocycles. The third kappa shape index (κ3) is 14.3. The maximum absolute atomic E-state index is 14.7. The minimum absolute atomic E-state index is 0.0102. The molecule has 4 bridgehead atoms. The van der Waals surface area contributed by atoms with Gasteiger partial charge in [0.1, 0.15) is 30.8 Å². The molecule has 7 N–H and O–H groups in total. The van der Waals surface area contributed by atoms with Crippen molar-refractivity contribution in [2.75, 3.05) is 45.6 Å². The number of unbranched alkanes of at least 4 members (excludes halogenated alkanes) is 4. The molecule has 0 fully saturated rings. The highest BCUT2D eigenvalue weighted by molar-refractivity contribution is 7.91. The molecule has 15 nitrogen and oxygen atoms in total. The van der Waals surface area contributed by atoms with Crippen molar-refractivity contribution < 1.29 is 41.9 Å². The van der Waals surface area contributed by atoms with E-state index in [2.05, 4.69) is 12.2 Å². The monoisotopic (exact) mass is 914 g/mol. The number of aryl methyl sites for hydroxylation is 1. The molecule has 3 aromatic rings. The van der Waals surface area contributed by atoms with E-state index in [1.54, 1.807) is 50.2 Å². The number of hydrogen-bond donors (Lipinski definition) is 4. The molecule has 65 heavy (non-hydrogen) atoms. The van der Waals surface area contributed by atoms with E-state index >= 15 is 0 Å². The normalized spacial score (nSPS) is 17.0. The van der Waals surface area contributed by atoms with Crippen molar-refractivity contribution in [3.05, 3.63) is 76.9 Å². The molecule has 352 valence electrons. The van der Waals surface area contributed by atoms with Gasteiger partial charge in [0.25, 0.3) is 0 Å². The quantitative estimate of drug-likeness (QED) is 0.0694. The van der Waals surface area contributed by atoms with Crippen LogP contribution in [0.15, 0.2) is 59.5 Å². The van der Waals surface area contributed by atoms with Crippen molar-refractivity contribution in [1.29, 1.82) is 5.26 Å². The minimum atomic E-state index is -3.57. The van der Waals surface area contributed by atoms with E-state index in [-0.39, 0.29) is 99.2 Å². The molecule has 0 radical (unpaired) electrons. The van der Waals surface area contributed by atoms with E-state index in [1.807, 2.05) is 6.07 Å². The summed E-state index contributed by atoms with van der Waals surface area (Å²) in [6, 6.07) is 14.5. The number of ketones is 3. The van der Waals surface area contributed by atoms with Crippen molar-refractivity contribution in [2.24, 2.45) is 29.0 Å². The highest BCUT2D eigenvalue weighted by atomic mass is 32.2. The highest BCUT2D eigenvalue weighted by Crippen LogP contribution is 2.41. The number of rotatable bonds is 23. The Kier molecular flexibility index (Phi) is 20.3. The largest absolute Gasteiger partial charge is 0.492 e. The first-order chi connectivity index (χ1) is 31.1. The second-order valence-corrected chi connectivity index (χ2v) is 18.9. The number of Topliss-reactive ketones (excluding diaryl/α,β-unsaturated/α-hetero) is 3. The Morgan fingerprint density at radius 2 is 1.55 bits per heavy atom. The van der Waals surface area contributed by atoms with E-state index < -0.39 is 51.4 Å². The van der Waals surface area contributed by atoms with Crippen LogP contribution in [-0.4, -0.2) is 94.2 Å². The summed E-state index contributed by atoms with van der Waals surface area (Å²) < 4.78 is 38.5. The topological polar surface area (TPSA) is 255 Å². The van der Waals surface area contributed by atoms with E-state index in [0.717, 1.165) is 25.7 Å². The molecular weight excluding hydrogens is 849 g/mol. The zero-order valence-corrected chi connectivity index (χ0v) is 39.1. The molecule has 0 saturated heterocycles. The van der Waals surface area contributed by atoms with Crippen LogP contribution < -0.4 is 32.0 Å². The zero-order valence-electron chi connectivity index (χ0n) is 38.2. The van der Waals surface area contributed by atoms with Gasteiger partial charge < -0.3 is 36.9 Å². The van der Waals surface area contributed by atoms with Crippen LogP contribution in [0.1, 0.15) is 111 Å². The lowest BCUT2D eigenvalue weighted by Crippen LogP contribution is -2.46. The molecule has 4 atom stereocenters. The summed E-state index contributed by atoms with van der Waals surface area (Å²) in [6.45, 7) is 6.09. The lowest BCUT2D eigenvalue weighted by Gasteiger charge is -2.32. The van der Waals surface area contributed by atoms with E-state index in [4.69, 9.17) is 26.7 Å². The molecule has 4 rings (SSSR count). The standard InChI is InChI=1S/C49H66N6O9S/c1-5-6-7-8-9-25-65(61,62)37-14-15-38(32(2)26-37)43(57)31-36(18-20-51)49(60)55(4)47-35-13-17-46(64-24-22-53)40(30-35)39-28-34(12-16-45(39)63-23-21-52)29-41(42(56)11-10-19-50)54-48(59)33(3)27-44(47)58/h12-17,26,28,30,33,36,41,47H,5-11,18,20-25,27,29,31,51-53H2,1-4H3,(H,54,59)/t33-,36-,41+,47+/m1/s1. The van der Waals surface area contributed by atoms with Crippen molar-refractivity contribution in [3.8, 4) is 28.7 Å². The number of nitriles is 1. The lowest BCUT2D eigenvalue weighted by molar-refractivity contribution is -0.142. The molecule has 1 aliphatic rings. The summed E-state index contributed by atoms with van der Waals surface area (Å²) in [5, 5.41) is 12.0. The summed E-state index contributed by atoms with van der Waals surface area (Å²) in [7, 11) is -2.10. The second-order valence-electron chi connectivity index (χ2n) is 16.8. The van der Waals surface area contributed by atoms with Crippen molar-refractivity contribution in [2.45, 2.75) is 108 Å². The molecule has 1 heterocycles. The van der Waals surface area contributed by atoms with Gasteiger partial charge in [-0.1, -0.05) is 51.7 Å². The van der Waals surface area contributed by atoms with Crippen LogP contribution in [0.4, 0.5) is 0 Å². The van der Waals surface area contributed by atoms with Gasteiger partial charge in [0, 0.05) is 74.3 Å². The number of benzene rings is 3. The van der Waals surface area contributed by atoms with Crippen LogP contribution in [-0.2, 0) is 35.4 Å². The molecule has 0 aromatic heterocycles. The molecule has 0 spiro atoms. The molecule has 2 amide bonds. The molecule has 1 aliphatic heterocycles. The second kappa shape index (κ2) is 25.3. The average Bonchev–Trinajstić information content (AvgIpc) is 3.28. The molecule has 0 unspecified atom stereocenters. The average molecular weight is 915 g/mol. The van der Waals surface area contributed by atoms with Gasteiger partial charge >= 0.3 is 0 Å². The lowest BCUT2D eigenvalue weighted by atomic mass is 9.88. The zero-order chi connectivity index (χ0) is 47.7. The Morgan fingerprint density at radius 1 is 0.892 bits per heavy atom. The minimum Gasteiger partial charge on any atom is -0.492 e. The van der Waals surface area contributed by atoms with Gasteiger partial charge in [0.2, 0.25) is 11.8 Å². The molecule has 0 aliphatic carbocycles. The van der Waals surface area contributed by atoms with Crippen LogP contribution in [0.5, 0.6) is 11.5 Å². The van der Waals surface area contributed by atoms with Crippen molar-refractivity contribution in [3.63, 3.8) is 0 Å². The fraction of sp³-hybridized carbons (Fsp3) is 0.510. The Hall–Kier alpha value is -5.47. The summed E-state index contributed by atoms with van der Waals surface area (Å²) in [5.41, 5.74) is 20.5. The third-order valence-corrected chi connectivity index (χ3v) is 13.5. The maximum atomic E-state index is 14.7. The summed E-state index contributed by atoms with van der Waals surface area (Å²) in [6.07, 6.45) is 3.89. The number of carbonyl (C=O) groups excluding carboxylic acids is 5. The number of hydrogen-bond acceptors (Lipinski definition) is 13. The summed E-state index contributed by atoms with van der Waals surface area (Å²) >= 11 is 0. The Morgan fingerprint density at radius 3 is 2.18 bits per heavy atom. The number of amides is 2. The Bertz CT molecular complexity index is 2310. The number of nitrogens with two attached hydrogens (primary N) is 3. The molecular formula is C49H66N6O9S. The number of likely N-dealkylation sites (N-methyl/N-ethyl adjacent to an activating group) is 1. The van der Waals surface area contributed by atoms with E-state index in [0.29, 0.717) is 45.7 Å². The van der Waals surface area contributed by atoms with E-state index in [1.165, 1.54) is 30.1 Å². The van der Waals surface area contributed by atoms with Crippen LogP contribution in [0, 0.1) is 30.1 Å². The fourth-order valence-electron chi connectivity index (χ4n) is 8.13. The summed E-state index contributed by atoms with van der Waals surface area (Å²) in [4.78, 5) is 72.0. The smallest absolute Gasteiger partial charge is 0.226 e. The molecule has 0 saturated carbocycles. The van der Waals surface area contributed by atoms with Gasteiger partial charge in [0.05, 0.1) is 22.8 Å². The first-order valence-electron chi connectivity index (χ1n) is 22.6. The number of fused-ring (bicyclic) bond motifs is 5. The third-order valence-electron chi connectivity index (χ3n) is 11.7. The highest BCUT2D eigenvalue weighted by Gasteiger charge is 2.36. The van der Waals surface area contributed by atoms with Crippen LogP contribution in [0.2, 0.25) is 0 Å². The number of nitrogens with one attached hydrogen (secondary N) is 1. The number of sulfone groups is 1. The first kappa shape index (κ1) is 52.2. The van der Waals surface area contributed by atoms with Crippen LogP contribution in [0.3, 0.4) is 0 Å². The Labute approximate surface area is 383 Å². The molecule has 16 heteroatoms. The number of ether oxygens (including phenoxy) is 2. The van der Waals surface area contributed by atoms with Crippen LogP contribution in [0.25, 0.3) is 11.1 Å². The number of carbonyl (C=O) groups is 5. The SMILES string of the molecule is CCCCCCCS(=O)(=O)c1ccc(C(=O)C[C@@H](CCN)C(=O)N(C)[C@@H]2C(=O)C[C@@H](C)C(=O)N[C@H](C(=O)CCC#N)Cc3ccc(OCCN)c(c3)-c3cc2ccc3OCCN)c(C)c1. The summed E-state index contributed by atoms with van der Waals surface area (Å²) in [5.74, 6) is -3.39. The van der Waals surface area contributed by atoms with Gasteiger partial charge in [-0.15, -0.1) is 0 Å². The number of nitrogens with zero attached hydrogens (tertiary/aromatic N) is 2. The van der Waals surface area contributed by atoms with Crippen LogP contribution >= 0.6 is 0 Å². The van der Waals surface area contributed by atoms with E-state index in [9.17, 15) is 37.7 Å². The van der Waals surface area contributed by atoms with Gasteiger partial charge in [-0.05, 0) is 91.9 Å².